The highest BCUT2D eigenvalue weighted by atomic mass is 35.5. The van der Waals surface area contributed by atoms with Gasteiger partial charge in [0.25, 0.3) is 11.6 Å². The van der Waals surface area contributed by atoms with Crippen molar-refractivity contribution in [1.29, 1.82) is 0 Å². The van der Waals surface area contributed by atoms with E-state index in [0.29, 0.717) is 6.42 Å². The molecule has 0 bridgehead atoms. The summed E-state index contributed by atoms with van der Waals surface area (Å²) >= 11 is 5.87. The molecule has 0 saturated carbocycles. The lowest BCUT2D eigenvalue weighted by atomic mass is 9.99. The highest BCUT2D eigenvalue weighted by Crippen LogP contribution is 2.23. The number of aliphatic hydroxyl groups is 1. The Kier molecular flexibility index (Phi) is 4.85. The number of carbonyl (C=O) groups is 1. The molecule has 19 heavy (non-hydrogen) atoms. The van der Waals surface area contributed by atoms with Crippen LogP contribution in [-0.4, -0.2) is 28.1 Å². The molecule has 0 saturated heterocycles. The van der Waals surface area contributed by atoms with Gasteiger partial charge in [0.15, 0.2) is 0 Å². The number of nitrogens with one attached hydrogen (secondary N) is 1. The third kappa shape index (κ3) is 3.65. The molecule has 0 aromatic heterocycles. The smallest absolute Gasteiger partial charge is 0.270 e. The third-order valence-corrected chi connectivity index (χ3v) is 3.28. The Hall–Kier alpha value is -1.66. The van der Waals surface area contributed by atoms with Crippen molar-refractivity contribution in [3.8, 4) is 0 Å². The summed E-state index contributed by atoms with van der Waals surface area (Å²) in [6, 6.07) is 3.64. The third-order valence-electron chi connectivity index (χ3n) is 2.95. The van der Waals surface area contributed by atoms with E-state index in [4.69, 9.17) is 11.6 Å². The number of halogens is 1. The molecule has 1 amide bonds. The van der Waals surface area contributed by atoms with Crippen LogP contribution in [0.5, 0.6) is 0 Å². The van der Waals surface area contributed by atoms with Gasteiger partial charge in [-0.25, -0.2) is 0 Å². The van der Waals surface area contributed by atoms with E-state index in [0.717, 1.165) is 6.07 Å². The molecule has 1 aromatic rings. The van der Waals surface area contributed by atoms with E-state index in [2.05, 4.69) is 5.32 Å². The molecule has 0 radical (unpaired) electrons. The number of non-ortho nitro benzene ring substituents is 1. The molecular weight excluding hydrogens is 272 g/mol. The first kappa shape index (κ1) is 15.4. The fourth-order valence-electron chi connectivity index (χ4n) is 1.38. The second kappa shape index (κ2) is 5.99. The number of nitro groups is 1. The maximum Gasteiger partial charge on any atom is 0.270 e. The zero-order chi connectivity index (χ0) is 14.6. The van der Waals surface area contributed by atoms with Gasteiger partial charge in [-0.1, -0.05) is 18.5 Å². The quantitative estimate of drug-likeness (QED) is 0.640. The largest absolute Gasteiger partial charge is 0.394 e. The summed E-state index contributed by atoms with van der Waals surface area (Å²) in [7, 11) is 0. The van der Waals surface area contributed by atoms with Crippen molar-refractivity contribution in [2.45, 2.75) is 25.8 Å². The fourth-order valence-corrected chi connectivity index (χ4v) is 1.59. The zero-order valence-corrected chi connectivity index (χ0v) is 11.4. The number of hydrogen-bond donors (Lipinski definition) is 2. The molecule has 1 rings (SSSR count). The number of nitrogens with zero attached hydrogens (tertiary/aromatic N) is 1. The highest BCUT2D eigenvalue weighted by Gasteiger charge is 2.25. The lowest BCUT2D eigenvalue weighted by Crippen LogP contribution is -2.48. The van der Waals surface area contributed by atoms with Crippen LogP contribution in [0.3, 0.4) is 0 Å². The Balaban J connectivity index is 3.06. The molecular formula is C12H15ClN2O4. The maximum atomic E-state index is 12.0. The second-order valence-corrected chi connectivity index (χ2v) is 4.85. The lowest BCUT2D eigenvalue weighted by Gasteiger charge is -2.27. The summed E-state index contributed by atoms with van der Waals surface area (Å²) in [6.45, 7) is 3.25. The Morgan fingerprint density at radius 3 is 2.68 bits per heavy atom. The van der Waals surface area contributed by atoms with E-state index < -0.39 is 16.4 Å². The molecule has 1 unspecified atom stereocenters. The van der Waals surface area contributed by atoms with Gasteiger partial charge in [0.2, 0.25) is 0 Å². The summed E-state index contributed by atoms with van der Waals surface area (Å²) in [6.07, 6.45) is 0.516. The standard InChI is InChI=1S/C12H15ClN2O4/c1-3-12(2,7-16)14-11(17)9-6-8(15(18)19)4-5-10(9)13/h4-6,16H,3,7H2,1-2H3,(H,14,17). The molecule has 1 atom stereocenters. The van der Waals surface area contributed by atoms with Crippen molar-refractivity contribution in [3.05, 3.63) is 38.9 Å². The van der Waals surface area contributed by atoms with Crippen LogP contribution in [0.4, 0.5) is 5.69 Å². The van der Waals surface area contributed by atoms with Crippen LogP contribution in [0.25, 0.3) is 0 Å². The monoisotopic (exact) mass is 286 g/mol. The molecule has 0 heterocycles. The number of hydrogen-bond acceptors (Lipinski definition) is 4. The predicted octanol–water partition coefficient (Wildman–Crippen LogP) is 2.14. The Morgan fingerprint density at radius 1 is 1.58 bits per heavy atom. The molecule has 104 valence electrons. The van der Waals surface area contributed by atoms with E-state index >= 15 is 0 Å². The summed E-state index contributed by atoms with van der Waals surface area (Å²) in [4.78, 5) is 22.1. The molecule has 0 fully saturated rings. The zero-order valence-electron chi connectivity index (χ0n) is 10.6. The van der Waals surface area contributed by atoms with E-state index in [1.165, 1.54) is 12.1 Å². The van der Waals surface area contributed by atoms with Crippen molar-refractivity contribution in [3.63, 3.8) is 0 Å². The number of amides is 1. The molecule has 0 aliphatic rings. The molecule has 7 heteroatoms. The Morgan fingerprint density at radius 2 is 2.21 bits per heavy atom. The summed E-state index contributed by atoms with van der Waals surface area (Å²) in [5.74, 6) is -0.549. The summed E-state index contributed by atoms with van der Waals surface area (Å²) in [5.41, 5.74) is -0.980. The van der Waals surface area contributed by atoms with Crippen molar-refractivity contribution in [2.24, 2.45) is 0 Å². The summed E-state index contributed by atoms with van der Waals surface area (Å²) < 4.78 is 0. The molecule has 0 spiro atoms. The van der Waals surface area contributed by atoms with Gasteiger partial charge in [0.05, 0.1) is 27.7 Å². The topological polar surface area (TPSA) is 92.5 Å². The van der Waals surface area contributed by atoms with Crippen molar-refractivity contribution in [1.82, 2.24) is 5.32 Å². The number of rotatable bonds is 5. The molecule has 0 aliphatic heterocycles. The van der Waals surface area contributed by atoms with Crippen molar-refractivity contribution in [2.75, 3.05) is 6.61 Å². The molecule has 6 nitrogen and oxygen atoms in total. The van der Waals surface area contributed by atoms with E-state index in [9.17, 15) is 20.0 Å². The SMILES string of the molecule is CCC(C)(CO)NC(=O)c1cc([N+](=O)[O-])ccc1Cl. The maximum absolute atomic E-state index is 12.0. The lowest BCUT2D eigenvalue weighted by molar-refractivity contribution is -0.384. The van der Waals surface area contributed by atoms with Gasteiger partial charge >= 0.3 is 0 Å². The van der Waals surface area contributed by atoms with Gasteiger partial charge in [0, 0.05) is 12.1 Å². The van der Waals surface area contributed by atoms with Crippen LogP contribution in [0, 0.1) is 10.1 Å². The number of benzene rings is 1. The Bertz CT molecular complexity index is 501. The molecule has 2 N–H and O–H groups in total. The fraction of sp³-hybridized carbons (Fsp3) is 0.417. The van der Waals surface area contributed by atoms with E-state index in [1.54, 1.807) is 6.92 Å². The normalized spacial score (nSPS) is 13.7. The van der Waals surface area contributed by atoms with Gasteiger partial charge < -0.3 is 10.4 Å². The van der Waals surface area contributed by atoms with Crippen LogP contribution >= 0.6 is 11.6 Å². The van der Waals surface area contributed by atoms with Crippen LogP contribution in [0.1, 0.15) is 30.6 Å². The van der Waals surface area contributed by atoms with Gasteiger partial charge in [-0.2, -0.15) is 0 Å². The van der Waals surface area contributed by atoms with E-state index in [1.807, 2.05) is 6.92 Å². The summed E-state index contributed by atoms with van der Waals surface area (Å²) in [5, 5.41) is 22.7. The first-order valence-electron chi connectivity index (χ1n) is 5.70. The average Bonchev–Trinajstić information content (AvgIpc) is 2.38. The minimum Gasteiger partial charge on any atom is -0.394 e. The average molecular weight is 287 g/mol. The number of nitro benzene ring substituents is 1. The van der Waals surface area contributed by atoms with Crippen molar-refractivity contribution >= 4 is 23.2 Å². The Labute approximate surface area is 115 Å². The van der Waals surface area contributed by atoms with Gasteiger partial charge in [-0.3, -0.25) is 14.9 Å². The number of carbonyl (C=O) groups excluding carboxylic acids is 1. The predicted molar refractivity (Wildman–Crippen MR) is 71.4 cm³/mol. The minimum absolute atomic E-state index is 0.0176. The van der Waals surface area contributed by atoms with Crippen LogP contribution in [0.15, 0.2) is 18.2 Å². The highest BCUT2D eigenvalue weighted by molar-refractivity contribution is 6.34. The van der Waals surface area contributed by atoms with Crippen molar-refractivity contribution < 1.29 is 14.8 Å². The van der Waals surface area contributed by atoms with Crippen LogP contribution in [-0.2, 0) is 0 Å². The van der Waals surface area contributed by atoms with Gasteiger partial charge in [-0.15, -0.1) is 0 Å². The first-order valence-corrected chi connectivity index (χ1v) is 6.08. The van der Waals surface area contributed by atoms with Crippen LogP contribution < -0.4 is 5.32 Å². The minimum atomic E-state index is -0.787. The van der Waals surface area contributed by atoms with Gasteiger partial charge in [0.1, 0.15) is 0 Å². The number of aliphatic hydroxyl groups excluding tert-OH is 1. The van der Waals surface area contributed by atoms with Crippen LogP contribution in [0.2, 0.25) is 5.02 Å². The second-order valence-electron chi connectivity index (χ2n) is 4.45. The van der Waals surface area contributed by atoms with Gasteiger partial charge in [-0.05, 0) is 19.4 Å². The van der Waals surface area contributed by atoms with E-state index in [-0.39, 0.29) is 22.9 Å². The first-order chi connectivity index (χ1) is 8.83. The molecule has 0 aliphatic carbocycles. The molecule has 1 aromatic carbocycles.